The second-order valence-corrected chi connectivity index (χ2v) is 2.29. The van der Waals surface area contributed by atoms with Crippen molar-refractivity contribution in [3.63, 3.8) is 0 Å². The van der Waals surface area contributed by atoms with Crippen LogP contribution in [0.5, 0.6) is 12.0 Å². The highest BCUT2D eigenvalue weighted by atomic mass is 79.9. The highest BCUT2D eigenvalue weighted by Crippen LogP contribution is 2.11. The van der Waals surface area contributed by atoms with Crippen molar-refractivity contribution >= 4 is 15.9 Å². The molecule has 11 heavy (non-hydrogen) atoms. The van der Waals surface area contributed by atoms with Crippen LogP contribution in [-0.2, 0) is 0 Å². The van der Waals surface area contributed by atoms with Crippen LogP contribution < -0.4 is 9.47 Å². The molecule has 0 unspecified atom stereocenters. The highest BCUT2D eigenvalue weighted by Gasteiger charge is 2.02. The van der Waals surface area contributed by atoms with E-state index in [1.54, 1.807) is 0 Å². The largest absolute Gasteiger partial charge is 0.467 e. The fraction of sp³-hybridized carbons (Fsp3) is 0.400. The number of methoxy groups -OCH3 is 2. The number of nitrogens with zero attached hydrogens (tertiary/aromatic N) is 3. The summed E-state index contributed by atoms with van der Waals surface area (Å²) in [4.78, 5) is 11.4. The van der Waals surface area contributed by atoms with Gasteiger partial charge in [0.1, 0.15) is 0 Å². The lowest BCUT2D eigenvalue weighted by molar-refractivity contribution is 0.338. The number of ether oxygens (including phenoxy) is 2. The zero-order valence-electron chi connectivity index (χ0n) is 6.04. The van der Waals surface area contributed by atoms with Gasteiger partial charge in [-0.3, -0.25) is 0 Å². The van der Waals surface area contributed by atoms with Crippen LogP contribution in [0.4, 0.5) is 0 Å². The molecule has 1 aromatic rings. The molecule has 0 N–H and O–H groups in total. The van der Waals surface area contributed by atoms with Crippen LogP contribution in [0.3, 0.4) is 0 Å². The molecule has 0 aliphatic rings. The Morgan fingerprint density at radius 1 is 1.00 bits per heavy atom. The van der Waals surface area contributed by atoms with Gasteiger partial charge in [0.2, 0.25) is 4.73 Å². The number of hydrogen-bond acceptors (Lipinski definition) is 5. The van der Waals surface area contributed by atoms with Crippen molar-refractivity contribution in [3.05, 3.63) is 4.73 Å². The average Bonchev–Trinajstić information content (AvgIpc) is 2.03. The molecule has 1 rings (SSSR count). The van der Waals surface area contributed by atoms with Gasteiger partial charge in [-0.05, 0) is 15.9 Å². The van der Waals surface area contributed by atoms with Crippen LogP contribution in [0.2, 0.25) is 0 Å². The zero-order valence-corrected chi connectivity index (χ0v) is 7.62. The van der Waals surface area contributed by atoms with Gasteiger partial charge in [0.15, 0.2) is 0 Å². The fourth-order valence-electron chi connectivity index (χ4n) is 0.497. The second kappa shape index (κ2) is 3.47. The van der Waals surface area contributed by atoms with Crippen molar-refractivity contribution < 1.29 is 9.47 Å². The monoisotopic (exact) mass is 219 g/mol. The number of rotatable bonds is 2. The van der Waals surface area contributed by atoms with Crippen LogP contribution in [0, 0.1) is 0 Å². The summed E-state index contributed by atoms with van der Waals surface area (Å²) in [6.45, 7) is 0. The normalized spacial score (nSPS) is 9.36. The van der Waals surface area contributed by atoms with Crippen molar-refractivity contribution in [2.45, 2.75) is 0 Å². The minimum atomic E-state index is 0.226. The Balaban J connectivity index is 3.02. The van der Waals surface area contributed by atoms with Crippen molar-refractivity contribution in [1.82, 2.24) is 15.0 Å². The van der Waals surface area contributed by atoms with E-state index >= 15 is 0 Å². The smallest absolute Gasteiger partial charge is 0.323 e. The predicted molar refractivity (Wildman–Crippen MR) is 40.6 cm³/mol. The van der Waals surface area contributed by atoms with Crippen molar-refractivity contribution in [3.8, 4) is 12.0 Å². The van der Waals surface area contributed by atoms with E-state index in [-0.39, 0.29) is 12.0 Å². The van der Waals surface area contributed by atoms with E-state index in [4.69, 9.17) is 9.47 Å². The Bertz CT molecular complexity index is 233. The summed E-state index contributed by atoms with van der Waals surface area (Å²) in [5.41, 5.74) is 0. The van der Waals surface area contributed by atoms with Gasteiger partial charge in [0.25, 0.3) is 0 Å². The fourth-order valence-corrected chi connectivity index (χ4v) is 0.801. The van der Waals surface area contributed by atoms with E-state index in [1.165, 1.54) is 14.2 Å². The third-order valence-electron chi connectivity index (χ3n) is 0.932. The predicted octanol–water partition coefficient (Wildman–Crippen LogP) is 0.651. The molecule has 0 radical (unpaired) electrons. The molecule has 0 saturated heterocycles. The zero-order chi connectivity index (χ0) is 8.27. The lowest BCUT2D eigenvalue weighted by Crippen LogP contribution is -1.98. The van der Waals surface area contributed by atoms with E-state index in [2.05, 4.69) is 30.9 Å². The van der Waals surface area contributed by atoms with Crippen LogP contribution in [0.15, 0.2) is 4.73 Å². The van der Waals surface area contributed by atoms with Crippen molar-refractivity contribution in [1.29, 1.82) is 0 Å². The van der Waals surface area contributed by atoms with E-state index in [0.29, 0.717) is 4.73 Å². The van der Waals surface area contributed by atoms with Crippen molar-refractivity contribution in [2.75, 3.05) is 14.2 Å². The molecule has 6 heteroatoms. The van der Waals surface area contributed by atoms with Crippen LogP contribution in [0.1, 0.15) is 0 Å². The SMILES string of the molecule is COc1nc(Br)nc(OC)n1. The second-order valence-electron chi connectivity index (χ2n) is 1.58. The molecule has 0 spiro atoms. The number of halogens is 1. The average molecular weight is 220 g/mol. The molecule has 0 bridgehead atoms. The van der Waals surface area contributed by atoms with Gasteiger partial charge in [-0.1, -0.05) is 0 Å². The van der Waals surface area contributed by atoms with E-state index in [1.807, 2.05) is 0 Å². The van der Waals surface area contributed by atoms with Crippen LogP contribution >= 0.6 is 15.9 Å². The van der Waals surface area contributed by atoms with Crippen molar-refractivity contribution in [2.24, 2.45) is 0 Å². The van der Waals surface area contributed by atoms with Crippen LogP contribution in [-0.4, -0.2) is 29.2 Å². The Morgan fingerprint density at radius 2 is 1.45 bits per heavy atom. The van der Waals surface area contributed by atoms with Gasteiger partial charge in [-0.2, -0.15) is 9.97 Å². The van der Waals surface area contributed by atoms with Gasteiger partial charge in [-0.25, -0.2) is 0 Å². The first-order chi connectivity index (χ1) is 5.26. The maximum Gasteiger partial charge on any atom is 0.323 e. The van der Waals surface area contributed by atoms with Gasteiger partial charge >= 0.3 is 12.0 Å². The molecule has 0 amide bonds. The lowest BCUT2D eigenvalue weighted by Gasteiger charge is -1.99. The Labute approximate surface area is 71.9 Å². The van der Waals surface area contributed by atoms with E-state index in [0.717, 1.165) is 0 Å². The third kappa shape index (κ3) is 2.01. The van der Waals surface area contributed by atoms with Gasteiger partial charge in [0.05, 0.1) is 14.2 Å². The molecule has 0 aliphatic heterocycles. The Kier molecular flexibility index (Phi) is 2.58. The highest BCUT2D eigenvalue weighted by molar-refractivity contribution is 9.10. The molecule has 0 aliphatic carbocycles. The first-order valence-corrected chi connectivity index (χ1v) is 3.55. The summed E-state index contributed by atoms with van der Waals surface area (Å²) in [6.07, 6.45) is 0. The van der Waals surface area contributed by atoms with Crippen LogP contribution in [0.25, 0.3) is 0 Å². The summed E-state index contributed by atoms with van der Waals surface area (Å²) in [7, 11) is 2.95. The standard InChI is InChI=1S/C5H6BrN3O2/c1-10-4-7-3(6)8-5(9-4)11-2/h1-2H3. The third-order valence-corrected chi connectivity index (χ3v) is 1.29. The minimum absolute atomic E-state index is 0.226. The van der Waals surface area contributed by atoms with Gasteiger partial charge in [0, 0.05) is 0 Å². The molecule has 0 atom stereocenters. The molecule has 5 nitrogen and oxygen atoms in total. The molecular weight excluding hydrogens is 214 g/mol. The first-order valence-electron chi connectivity index (χ1n) is 2.76. The lowest BCUT2D eigenvalue weighted by atomic mass is 11.0. The molecule has 1 heterocycles. The van der Waals surface area contributed by atoms with E-state index in [9.17, 15) is 0 Å². The summed E-state index contributed by atoms with van der Waals surface area (Å²) in [5, 5.41) is 0. The molecule has 0 aromatic carbocycles. The van der Waals surface area contributed by atoms with Gasteiger partial charge in [-0.15, -0.1) is 4.98 Å². The molecule has 0 saturated carbocycles. The molecule has 60 valence electrons. The molecular formula is C5H6BrN3O2. The van der Waals surface area contributed by atoms with E-state index < -0.39 is 0 Å². The Hall–Kier alpha value is -0.910. The summed E-state index contributed by atoms with van der Waals surface area (Å²) >= 11 is 3.07. The summed E-state index contributed by atoms with van der Waals surface area (Å²) in [5.74, 6) is 0. The first kappa shape index (κ1) is 8.19. The van der Waals surface area contributed by atoms with Gasteiger partial charge < -0.3 is 9.47 Å². The number of hydrogen-bond donors (Lipinski definition) is 0. The summed E-state index contributed by atoms with van der Waals surface area (Å²) < 4.78 is 9.92. The molecule has 0 fully saturated rings. The maximum atomic E-state index is 4.77. The quantitative estimate of drug-likeness (QED) is 0.732. The maximum absolute atomic E-state index is 4.77. The molecule has 1 aromatic heterocycles. The summed E-state index contributed by atoms with van der Waals surface area (Å²) in [6, 6.07) is 0.451. The topological polar surface area (TPSA) is 57.1 Å². The minimum Gasteiger partial charge on any atom is -0.467 e. The Morgan fingerprint density at radius 3 is 1.82 bits per heavy atom. The number of aromatic nitrogens is 3.